The molecule has 0 aliphatic rings. The van der Waals surface area contributed by atoms with Gasteiger partial charge in [-0.05, 0) is 30.3 Å². The Morgan fingerprint density at radius 2 is 1.85 bits per heavy atom. The zero-order valence-electron chi connectivity index (χ0n) is 14.2. The van der Waals surface area contributed by atoms with E-state index in [1.54, 1.807) is 0 Å². The molecule has 1 heterocycles. The maximum Gasteiger partial charge on any atom is 0.373 e. The van der Waals surface area contributed by atoms with Gasteiger partial charge in [0.05, 0.1) is 22.6 Å². The quantitative estimate of drug-likeness (QED) is 0.684. The van der Waals surface area contributed by atoms with Crippen LogP contribution < -0.4 is 0 Å². The van der Waals surface area contributed by atoms with Gasteiger partial charge < -0.3 is 13.9 Å². The van der Waals surface area contributed by atoms with Gasteiger partial charge in [-0.15, -0.1) is 0 Å². The molecule has 2 aromatic rings. The van der Waals surface area contributed by atoms with Crippen LogP contribution in [0.4, 0.5) is 0 Å². The van der Waals surface area contributed by atoms with Crippen molar-refractivity contribution in [2.24, 2.45) is 0 Å². The number of methoxy groups -OCH3 is 1. The largest absolute Gasteiger partial charge is 0.463 e. The highest BCUT2D eigenvalue weighted by Crippen LogP contribution is 2.23. The van der Waals surface area contributed by atoms with Crippen molar-refractivity contribution in [3.05, 3.63) is 52.4 Å². The van der Waals surface area contributed by atoms with Gasteiger partial charge in [0.15, 0.2) is 0 Å². The SMILES string of the molecule is COC(=O)c1ccc(COC(=O)c2cc(S(=O)(=O)N(C)C)ccc2Cl)o1. The van der Waals surface area contributed by atoms with E-state index >= 15 is 0 Å². The second kappa shape index (κ2) is 7.90. The molecule has 0 N–H and O–H groups in total. The molecule has 0 saturated carbocycles. The number of rotatable bonds is 6. The first-order chi connectivity index (χ1) is 12.2. The summed E-state index contributed by atoms with van der Waals surface area (Å²) in [4.78, 5) is 23.5. The summed E-state index contributed by atoms with van der Waals surface area (Å²) in [6.45, 7) is -0.267. The molecule has 1 aromatic heterocycles. The normalized spacial score (nSPS) is 11.4. The number of nitrogens with zero attached hydrogens (tertiary/aromatic N) is 1. The predicted octanol–water partition coefficient (Wildman–Crippen LogP) is 2.33. The summed E-state index contributed by atoms with van der Waals surface area (Å²) in [5, 5.41) is 0.0439. The van der Waals surface area contributed by atoms with Gasteiger partial charge in [-0.1, -0.05) is 11.6 Å². The van der Waals surface area contributed by atoms with E-state index in [1.807, 2.05) is 0 Å². The summed E-state index contributed by atoms with van der Waals surface area (Å²) >= 11 is 5.97. The third kappa shape index (κ3) is 4.24. The Morgan fingerprint density at radius 3 is 2.46 bits per heavy atom. The summed E-state index contributed by atoms with van der Waals surface area (Å²) in [7, 11) is 0.226. The monoisotopic (exact) mass is 401 g/mol. The molecule has 0 aliphatic heterocycles. The predicted molar refractivity (Wildman–Crippen MR) is 91.5 cm³/mol. The Kier molecular flexibility index (Phi) is 6.06. The molecule has 0 saturated heterocycles. The van der Waals surface area contributed by atoms with Gasteiger partial charge in [0.1, 0.15) is 12.4 Å². The number of carbonyl (C=O) groups excluding carboxylic acids is 2. The minimum absolute atomic E-state index is 0.0318. The summed E-state index contributed by atoms with van der Waals surface area (Å²) in [5.41, 5.74) is -0.102. The molecule has 0 atom stereocenters. The highest BCUT2D eigenvalue weighted by molar-refractivity contribution is 7.89. The fraction of sp³-hybridized carbons (Fsp3) is 0.250. The first kappa shape index (κ1) is 20.0. The average molecular weight is 402 g/mol. The molecule has 0 unspecified atom stereocenters. The van der Waals surface area contributed by atoms with Crippen molar-refractivity contribution in [2.75, 3.05) is 21.2 Å². The average Bonchev–Trinajstić information content (AvgIpc) is 3.08. The zero-order chi connectivity index (χ0) is 19.5. The van der Waals surface area contributed by atoms with Gasteiger partial charge in [0.2, 0.25) is 15.8 Å². The zero-order valence-corrected chi connectivity index (χ0v) is 15.8. The lowest BCUT2D eigenvalue weighted by atomic mass is 10.2. The highest BCUT2D eigenvalue weighted by Gasteiger charge is 2.22. The molecule has 0 spiro atoms. The highest BCUT2D eigenvalue weighted by atomic mass is 35.5. The Bertz CT molecular complexity index is 934. The molecule has 140 valence electrons. The van der Waals surface area contributed by atoms with Crippen molar-refractivity contribution in [1.82, 2.24) is 4.31 Å². The number of furan rings is 1. The fourth-order valence-corrected chi connectivity index (χ4v) is 3.04. The number of esters is 2. The number of sulfonamides is 1. The molecule has 2 rings (SSSR count). The third-order valence-corrected chi connectivity index (χ3v) is 5.47. The van der Waals surface area contributed by atoms with Crippen LogP contribution in [0.2, 0.25) is 5.02 Å². The smallest absolute Gasteiger partial charge is 0.373 e. The van der Waals surface area contributed by atoms with Crippen molar-refractivity contribution in [3.8, 4) is 0 Å². The van der Waals surface area contributed by atoms with Crippen molar-refractivity contribution in [2.45, 2.75) is 11.5 Å². The van der Waals surface area contributed by atoms with Crippen LogP contribution in [-0.4, -0.2) is 45.9 Å². The van der Waals surface area contributed by atoms with Gasteiger partial charge >= 0.3 is 11.9 Å². The Hall–Kier alpha value is -2.36. The summed E-state index contributed by atoms with van der Waals surface area (Å²) in [5.74, 6) is -1.31. The minimum atomic E-state index is -3.73. The Morgan fingerprint density at radius 1 is 1.15 bits per heavy atom. The Balaban J connectivity index is 2.17. The van der Waals surface area contributed by atoms with Crippen LogP contribution in [0.15, 0.2) is 39.6 Å². The molecule has 1 aromatic carbocycles. The summed E-state index contributed by atoms with van der Waals surface area (Å²) < 4.78 is 40.1. The molecule has 0 fully saturated rings. The van der Waals surface area contributed by atoms with Gasteiger partial charge in [0.25, 0.3) is 0 Å². The van der Waals surface area contributed by atoms with Crippen LogP contribution in [0.3, 0.4) is 0 Å². The van der Waals surface area contributed by atoms with Crippen LogP contribution in [-0.2, 0) is 26.1 Å². The van der Waals surface area contributed by atoms with E-state index in [9.17, 15) is 18.0 Å². The second-order valence-corrected chi connectivity index (χ2v) is 7.82. The van der Waals surface area contributed by atoms with Crippen LogP contribution in [0.25, 0.3) is 0 Å². The van der Waals surface area contributed by atoms with Crippen molar-refractivity contribution in [3.63, 3.8) is 0 Å². The molecule has 0 amide bonds. The lowest BCUT2D eigenvalue weighted by molar-refractivity contribution is 0.0438. The summed E-state index contributed by atoms with van der Waals surface area (Å²) in [6.07, 6.45) is 0. The van der Waals surface area contributed by atoms with Crippen molar-refractivity contribution in [1.29, 1.82) is 0 Å². The number of hydrogen-bond acceptors (Lipinski definition) is 7. The molecule has 26 heavy (non-hydrogen) atoms. The molecular formula is C16H16ClNO7S. The number of benzene rings is 1. The lowest BCUT2D eigenvalue weighted by Crippen LogP contribution is -2.22. The Labute approximate surface area is 155 Å². The number of hydrogen-bond donors (Lipinski definition) is 0. The fourth-order valence-electron chi connectivity index (χ4n) is 1.91. The molecule has 8 nitrogen and oxygen atoms in total. The van der Waals surface area contributed by atoms with Crippen LogP contribution in [0, 0.1) is 0 Å². The van der Waals surface area contributed by atoms with Crippen molar-refractivity contribution < 1.29 is 31.9 Å². The first-order valence-corrected chi connectivity index (χ1v) is 9.05. The number of halogens is 1. The van der Waals surface area contributed by atoms with Crippen LogP contribution in [0.1, 0.15) is 26.7 Å². The van der Waals surface area contributed by atoms with Crippen LogP contribution in [0.5, 0.6) is 0 Å². The van der Waals surface area contributed by atoms with E-state index in [0.29, 0.717) is 0 Å². The second-order valence-electron chi connectivity index (χ2n) is 5.26. The van der Waals surface area contributed by atoms with Gasteiger partial charge in [-0.3, -0.25) is 0 Å². The summed E-state index contributed by atoms with van der Waals surface area (Å²) in [6, 6.07) is 6.57. The molecular weight excluding hydrogens is 386 g/mol. The van der Waals surface area contributed by atoms with E-state index < -0.39 is 22.0 Å². The maximum absolute atomic E-state index is 12.2. The van der Waals surface area contributed by atoms with E-state index in [2.05, 4.69) is 4.74 Å². The van der Waals surface area contributed by atoms with E-state index in [0.717, 1.165) is 10.4 Å². The van der Waals surface area contributed by atoms with Crippen molar-refractivity contribution >= 4 is 33.6 Å². The van der Waals surface area contributed by atoms with E-state index in [-0.39, 0.29) is 33.6 Å². The molecule has 10 heteroatoms. The lowest BCUT2D eigenvalue weighted by Gasteiger charge is -2.12. The molecule has 0 bridgehead atoms. The van der Waals surface area contributed by atoms with E-state index in [1.165, 1.54) is 45.5 Å². The standard InChI is InChI=1S/C16H16ClNO7S/c1-18(2)26(21,22)11-5-6-13(17)12(8-11)15(19)24-9-10-4-7-14(25-10)16(20)23-3/h4-8H,9H2,1-3H3. The van der Waals surface area contributed by atoms with Gasteiger partial charge in [0, 0.05) is 14.1 Å². The topological polar surface area (TPSA) is 103 Å². The molecule has 0 aliphatic carbocycles. The molecule has 0 radical (unpaired) electrons. The van der Waals surface area contributed by atoms with Gasteiger partial charge in [-0.2, -0.15) is 0 Å². The number of carbonyl (C=O) groups is 2. The maximum atomic E-state index is 12.2. The first-order valence-electron chi connectivity index (χ1n) is 7.23. The van der Waals surface area contributed by atoms with Crippen LogP contribution >= 0.6 is 11.6 Å². The minimum Gasteiger partial charge on any atom is -0.463 e. The third-order valence-electron chi connectivity index (χ3n) is 3.33. The number of ether oxygens (including phenoxy) is 2. The van der Waals surface area contributed by atoms with Gasteiger partial charge in [-0.25, -0.2) is 22.3 Å². The van der Waals surface area contributed by atoms with E-state index in [4.69, 9.17) is 20.8 Å².